The molecule has 18 heavy (non-hydrogen) atoms. The van der Waals surface area contributed by atoms with Crippen LogP contribution in [0.5, 0.6) is 0 Å². The van der Waals surface area contributed by atoms with E-state index >= 15 is 0 Å². The first-order chi connectivity index (χ1) is 8.60. The van der Waals surface area contributed by atoms with Gasteiger partial charge in [0.15, 0.2) is 0 Å². The quantitative estimate of drug-likeness (QED) is 0.921. The van der Waals surface area contributed by atoms with Crippen molar-refractivity contribution in [3.63, 3.8) is 0 Å². The van der Waals surface area contributed by atoms with Crippen LogP contribution in [0.25, 0.3) is 0 Å². The van der Waals surface area contributed by atoms with Crippen LogP contribution in [0.2, 0.25) is 4.34 Å². The molecule has 0 aliphatic carbocycles. The number of carbonyl (C=O) groups excluding carboxylic acids is 2. The molecule has 2 rings (SSSR count). The van der Waals surface area contributed by atoms with Gasteiger partial charge in [0.25, 0.3) is 0 Å². The number of amides is 2. The second-order valence-corrected chi connectivity index (χ2v) is 6.11. The Kier molecular flexibility index (Phi) is 4.24. The molecule has 2 amide bonds. The molecular weight excluding hydrogens is 272 g/mol. The van der Waals surface area contributed by atoms with Gasteiger partial charge in [0.2, 0.25) is 11.8 Å². The fourth-order valence-electron chi connectivity index (χ4n) is 2.02. The summed E-state index contributed by atoms with van der Waals surface area (Å²) in [6.07, 6.45) is 1.56. The molecule has 1 N–H and O–H groups in total. The number of thiophene rings is 1. The summed E-state index contributed by atoms with van der Waals surface area (Å²) < 4.78 is 0.698. The molecule has 0 bridgehead atoms. The van der Waals surface area contributed by atoms with Gasteiger partial charge in [-0.25, -0.2) is 0 Å². The van der Waals surface area contributed by atoms with Crippen LogP contribution >= 0.6 is 22.9 Å². The lowest BCUT2D eigenvalue weighted by Gasteiger charge is -2.32. The van der Waals surface area contributed by atoms with Gasteiger partial charge in [-0.2, -0.15) is 0 Å². The highest BCUT2D eigenvalue weighted by atomic mass is 35.5. The fraction of sp³-hybridized carbons (Fsp3) is 0.500. The monoisotopic (exact) mass is 286 g/mol. The van der Waals surface area contributed by atoms with E-state index in [1.165, 1.54) is 11.3 Å². The average molecular weight is 287 g/mol. The summed E-state index contributed by atoms with van der Waals surface area (Å²) >= 11 is 7.30. The van der Waals surface area contributed by atoms with Gasteiger partial charge in [0, 0.05) is 4.88 Å². The van der Waals surface area contributed by atoms with Crippen molar-refractivity contribution in [3.8, 4) is 0 Å². The Labute approximate surface area is 115 Å². The number of piperazine rings is 1. The number of nitrogens with zero attached hydrogens (tertiary/aromatic N) is 1. The molecule has 0 spiro atoms. The number of carbonyl (C=O) groups is 2. The van der Waals surface area contributed by atoms with Crippen molar-refractivity contribution in [2.75, 3.05) is 6.54 Å². The molecule has 0 saturated carbocycles. The molecule has 0 aromatic carbocycles. The van der Waals surface area contributed by atoms with Crippen molar-refractivity contribution in [1.82, 2.24) is 10.2 Å². The molecule has 1 aromatic rings. The molecule has 1 atom stereocenters. The van der Waals surface area contributed by atoms with Crippen molar-refractivity contribution < 1.29 is 9.59 Å². The predicted molar refractivity (Wildman–Crippen MR) is 71.6 cm³/mol. The minimum Gasteiger partial charge on any atom is -0.343 e. The molecule has 1 saturated heterocycles. The highest BCUT2D eigenvalue weighted by molar-refractivity contribution is 7.16. The molecule has 6 heteroatoms. The van der Waals surface area contributed by atoms with E-state index in [4.69, 9.17) is 11.6 Å². The summed E-state index contributed by atoms with van der Waals surface area (Å²) in [4.78, 5) is 26.3. The Morgan fingerprint density at radius 3 is 2.89 bits per heavy atom. The minimum atomic E-state index is -0.369. The second-order valence-electron chi connectivity index (χ2n) is 4.31. The minimum absolute atomic E-state index is 0.000900. The Morgan fingerprint density at radius 2 is 2.28 bits per heavy atom. The van der Waals surface area contributed by atoms with Gasteiger partial charge in [0.05, 0.1) is 17.4 Å². The number of hydrogen-bond donors (Lipinski definition) is 1. The average Bonchev–Trinajstić information content (AvgIpc) is 2.71. The third kappa shape index (κ3) is 3.03. The highest BCUT2D eigenvalue weighted by Gasteiger charge is 2.31. The SMILES string of the molecule is CCCC1NC(=O)CN(Cc2ccc(Cl)s2)C1=O. The molecular formula is C12H15ClN2O2S. The number of nitrogens with one attached hydrogen (secondary N) is 1. The van der Waals surface area contributed by atoms with Crippen LogP contribution in [0, 0.1) is 0 Å². The summed E-state index contributed by atoms with van der Waals surface area (Å²) in [7, 11) is 0. The number of halogens is 1. The Bertz CT molecular complexity index is 461. The standard InChI is InChI=1S/C12H15ClN2O2S/c1-2-3-9-12(17)15(7-11(16)14-9)6-8-4-5-10(13)18-8/h4-5,9H,2-3,6-7H2,1H3,(H,14,16). The van der Waals surface area contributed by atoms with Crippen molar-refractivity contribution in [2.45, 2.75) is 32.4 Å². The summed E-state index contributed by atoms with van der Waals surface area (Å²) in [6.45, 7) is 2.59. The van der Waals surface area contributed by atoms with Crippen LogP contribution < -0.4 is 5.32 Å². The lowest BCUT2D eigenvalue weighted by molar-refractivity contribution is -0.145. The van der Waals surface area contributed by atoms with Crippen LogP contribution in [0.3, 0.4) is 0 Å². The van der Waals surface area contributed by atoms with Crippen LogP contribution in [-0.2, 0) is 16.1 Å². The van der Waals surface area contributed by atoms with Crippen molar-refractivity contribution in [2.24, 2.45) is 0 Å². The predicted octanol–water partition coefficient (Wildman–Crippen LogP) is 2.03. The lowest BCUT2D eigenvalue weighted by atomic mass is 10.1. The molecule has 1 fully saturated rings. The van der Waals surface area contributed by atoms with E-state index in [9.17, 15) is 9.59 Å². The third-order valence-corrected chi connectivity index (χ3v) is 4.05. The van der Waals surface area contributed by atoms with E-state index in [0.29, 0.717) is 17.3 Å². The normalized spacial score (nSPS) is 20.1. The molecule has 0 radical (unpaired) electrons. The maximum atomic E-state index is 12.2. The zero-order valence-corrected chi connectivity index (χ0v) is 11.7. The fourth-order valence-corrected chi connectivity index (χ4v) is 3.12. The first kappa shape index (κ1) is 13.4. The Balaban J connectivity index is 2.06. The summed E-state index contributed by atoms with van der Waals surface area (Å²) in [5, 5.41) is 2.74. The van der Waals surface area contributed by atoms with E-state index in [0.717, 1.165) is 11.3 Å². The van der Waals surface area contributed by atoms with Gasteiger partial charge < -0.3 is 10.2 Å². The van der Waals surface area contributed by atoms with Gasteiger partial charge in [0.1, 0.15) is 6.04 Å². The van der Waals surface area contributed by atoms with Gasteiger partial charge >= 0.3 is 0 Å². The molecule has 1 aromatic heterocycles. The zero-order chi connectivity index (χ0) is 13.1. The summed E-state index contributed by atoms with van der Waals surface area (Å²) in [5.74, 6) is -0.0864. The van der Waals surface area contributed by atoms with Crippen LogP contribution in [-0.4, -0.2) is 29.3 Å². The number of rotatable bonds is 4. The van der Waals surface area contributed by atoms with Gasteiger partial charge in [-0.3, -0.25) is 9.59 Å². The topological polar surface area (TPSA) is 49.4 Å². The first-order valence-electron chi connectivity index (χ1n) is 5.92. The van der Waals surface area contributed by atoms with Crippen LogP contribution in [0.1, 0.15) is 24.6 Å². The number of hydrogen-bond acceptors (Lipinski definition) is 3. The molecule has 98 valence electrons. The van der Waals surface area contributed by atoms with E-state index in [2.05, 4.69) is 5.32 Å². The smallest absolute Gasteiger partial charge is 0.245 e. The van der Waals surface area contributed by atoms with Crippen molar-refractivity contribution in [3.05, 3.63) is 21.3 Å². The molecule has 1 aliphatic heterocycles. The van der Waals surface area contributed by atoms with Gasteiger partial charge in [-0.15, -0.1) is 11.3 Å². The second kappa shape index (κ2) is 5.71. The molecule has 2 heterocycles. The van der Waals surface area contributed by atoms with E-state index in [1.54, 1.807) is 11.0 Å². The summed E-state index contributed by atoms with van der Waals surface area (Å²) in [5.41, 5.74) is 0. The largest absolute Gasteiger partial charge is 0.343 e. The van der Waals surface area contributed by atoms with Gasteiger partial charge in [-0.05, 0) is 18.6 Å². The van der Waals surface area contributed by atoms with E-state index < -0.39 is 0 Å². The molecule has 4 nitrogen and oxygen atoms in total. The van der Waals surface area contributed by atoms with E-state index in [-0.39, 0.29) is 24.4 Å². The van der Waals surface area contributed by atoms with E-state index in [1.807, 2.05) is 13.0 Å². The zero-order valence-electron chi connectivity index (χ0n) is 10.1. The van der Waals surface area contributed by atoms with Crippen molar-refractivity contribution in [1.29, 1.82) is 0 Å². The Hall–Kier alpha value is -1.07. The molecule has 1 unspecified atom stereocenters. The maximum absolute atomic E-state index is 12.2. The summed E-state index contributed by atoms with van der Waals surface area (Å²) in [6, 6.07) is 3.33. The lowest BCUT2D eigenvalue weighted by Crippen LogP contribution is -2.57. The highest BCUT2D eigenvalue weighted by Crippen LogP contribution is 2.23. The molecule has 1 aliphatic rings. The van der Waals surface area contributed by atoms with Crippen LogP contribution in [0.15, 0.2) is 12.1 Å². The first-order valence-corrected chi connectivity index (χ1v) is 7.12. The van der Waals surface area contributed by atoms with Crippen LogP contribution in [0.4, 0.5) is 0 Å². The third-order valence-electron chi connectivity index (χ3n) is 2.83. The van der Waals surface area contributed by atoms with Crippen molar-refractivity contribution >= 4 is 34.8 Å². The Morgan fingerprint density at radius 1 is 1.50 bits per heavy atom. The van der Waals surface area contributed by atoms with Gasteiger partial charge in [-0.1, -0.05) is 24.9 Å². The maximum Gasteiger partial charge on any atom is 0.245 e.